The van der Waals surface area contributed by atoms with Crippen LogP contribution in [0.25, 0.3) is 5.52 Å². The van der Waals surface area contributed by atoms with Gasteiger partial charge in [-0.05, 0) is 62.0 Å². The van der Waals surface area contributed by atoms with Crippen LogP contribution >= 0.6 is 0 Å². The van der Waals surface area contributed by atoms with E-state index in [2.05, 4.69) is 25.6 Å². The Morgan fingerprint density at radius 2 is 2.26 bits per heavy atom. The van der Waals surface area contributed by atoms with Crippen molar-refractivity contribution in [1.29, 1.82) is 0 Å². The Hall–Kier alpha value is -2.15. The van der Waals surface area contributed by atoms with Crippen molar-refractivity contribution in [3.63, 3.8) is 0 Å². The summed E-state index contributed by atoms with van der Waals surface area (Å²) in [6.07, 6.45) is 10.9. The quantitative estimate of drug-likeness (QED) is 0.745. The zero-order valence-corrected chi connectivity index (χ0v) is 15.7. The number of piperidine rings is 1. The van der Waals surface area contributed by atoms with E-state index < -0.39 is 0 Å². The van der Waals surface area contributed by atoms with Crippen LogP contribution < -0.4 is 10.6 Å². The van der Waals surface area contributed by atoms with E-state index >= 15 is 0 Å². The van der Waals surface area contributed by atoms with Crippen molar-refractivity contribution >= 4 is 17.2 Å². The lowest BCUT2D eigenvalue weighted by Gasteiger charge is -2.26. The van der Waals surface area contributed by atoms with E-state index in [0.717, 1.165) is 43.3 Å². The Morgan fingerprint density at radius 1 is 1.33 bits per heavy atom. The summed E-state index contributed by atoms with van der Waals surface area (Å²) in [6.45, 7) is 3.38. The summed E-state index contributed by atoms with van der Waals surface area (Å²) in [7, 11) is 0. The van der Waals surface area contributed by atoms with Crippen LogP contribution in [0.2, 0.25) is 0 Å². The summed E-state index contributed by atoms with van der Waals surface area (Å²) in [6, 6.07) is 4.66. The minimum absolute atomic E-state index is 0.192. The Balaban J connectivity index is 1.07. The maximum atomic E-state index is 12.3. The molecule has 1 amide bonds. The van der Waals surface area contributed by atoms with Crippen LogP contribution in [0.5, 0.6) is 0 Å². The smallest absolute Gasteiger partial charge is 0.234 e. The van der Waals surface area contributed by atoms with Crippen molar-refractivity contribution in [1.82, 2.24) is 24.8 Å². The number of nitrogens with one attached hydrogen (secondary N) is 2. The monoisotopic (exact) mass is 368 g/mol. The number of amides is 1. The molecule has 27 heavy (non-hydrogen) atoms. The lowest BCUT2D eigenvalue weighted by molar-refractivity contribution is -0.122. The molecule has 2 saturated carbocycles. The maximum absolute atomic E-state index is 12.3. The number of rotatable bonds is 8. The van der Waals surface area contributed by atoms with Gasteiger partial charge in [-0.2, -0.15) is 5.10 Å². The number of carbonyl (C=O) groups excluding carboxylic acids is 1. The van der Waals surface area contributed by atoms with Crippen molar-refractivity contribution in [2.24, 2.45) is 11.3 Å². The predicted octanol–water partition coefficient (Wildman–Crippen LogP) is 1.91. The van der Waals surface area contributed by atoms with E-state index in [4.69, 9.17) is 0 Å². The summed E-state index contributed by atoms with van der Waals surface area (Å²) in [5.74, 6) is 1.92. The molecule has 0 aromatic carbocycles. The Morgan fingerprint density at radius 3 is 3.04 bits per heavy atom. The topological polar surface area (TPSA) is 74.6 Å². The summed E-state index contributed by atoms with van der Waals surface area (Å²) in [4.78, 5) is 19.1. The Bertz CT molecular complexity index is 829. The fourth-order valence-electron chi connectivity index (χ4n) is 4.89. The van der Waals surface area contributed by atoms with E-state index in [-0.39, 0.29) is 5.91 Å². The SMILES string of the molecule is O=C(CN1CC2CCC1C2)NCCC1(CNc2ncnn3cccc23)CC1. The van der Waals surface area contributed by atoms with Gasteiger partial charge in [0.05, 0.1) is 6.54 Å². The molecule has 3 heterocycles. The van der Waals surface area contributed by atoms with E-state index in [1.165, 1.54) is 32.1 Å². The van der Waals surface area contributed by atoms with Crippen LogP contribution in [-0.2, 0) is 4.79 Å². The molecule has 1 aliphatic heterocycles. The predicted molar refractivity (Wildman–Crippen MR) is 103 cm³/mol. The number of anilines is 1. The second kappa shape index (κ2) is 6.78. The summed E-state index contributed by atoms with van der Waals surface area (Å²) < 4.78 is 1.83. The minimum atomic E-state index is 0.192. The van der Waals surface area contributed by atoms with Gasteiger partial charge in [-0.25, -0.2) is 9.50 Å². The highest BCUT2D eigenvalue weighted by molar-refractivity contribution is 5.78. The lowest BCUT2D eigenvalue weighted by Crippen LogP contribution is -2.41. The van der Waals surface area contributed by atoms with Crippen LogP contribution in [0.3, 0.4) is 0 Å². The molecule has 144 valence electrons. The first-order valence-corrected chi connectivity index (χ1v) is 10.2. The van der Waals surface area contributed by atoms with Gasteiger partial charge in [0.1, 0.15) is 11.8 Å². The normalized spacial score (nSPS) is 25.8. The first-order chi connectivity index (χ1) is 13.2. The molecular formula is C20H28N6O. The molecule has 2 aliphatic carbocycles. The molecule has 7 heteroatoms. The highest BCUT2D eigenvalue weighted by Crippen LogP contribution is 2.48. The number of fused-ring (bicyclic) bond motifs is 3. The molecule has 2 N–H and O–H groups in total. The first kappa shape index (κ1) is 17.0. The Labute approximate surface area is 159 Å². The zero-order valence-electron chi connectivity index (χ0n) is 15.7. The van der Waals surface area contributed by atoms with Crippen LogP contribution in [0, 0.1) is 11.3 Å². The lowest BCUT2D eigenvalue weighted by atomic mass is 10.0. The highest BCUT2D eigenvalue weighted by Gasteiger charge is 2.42. The van der Waals surface area contributed by atoms with Gasteiger partial charge in [-0.1, -0.05) is 0 Å². The van der Waals surface area contributed by atoms with E-state index in [1.54, 1.807) is 6.33 Å². The fourth-order valence-corrected chi connectivity index (χ4v) is 4.89. The van der Waals surface area contributed by atoms with Gasteiger partial charge in [-0.3, -0.25) is 9.69 Å². The van der Waals surface area contributed by atoms with Crippen molar-refractivity contribution in [2.75, 3.05) is 31.5 Å². The largest absolute Gasteiger partial charge is 0.368 e. The molecule has 2 aromatic rings. The molecular weight excluding hydrogens is 340 g/mol. The molecule has 2 bridgehead atoms. The van der Waals surface area contributed by atoms with Crippen LogP contribution in [-0.4, -0.2) is 57.6 Å². The first-order valence-electron chi connectivity index (χ1n) is 10.2. The van der Waals surface area contributed by atoms with E-state index in [1.807, 2.05) is 22.8 Å². The van der Waals surface area contributed by atoms with Gasteiger partial charge >= 0.3 is 0 Å². The molecule has 2 aromatic heterocycles. The van der Waals surface area contributed by atoms with Crippen LogP contribution in [0.4, 0.5) is 5.82 Å². The van der Waals surface area contributed by atoms with Crippen molar-refractivity contribution in [2.45, 2.75) is 44.6 Å². The Kier molecular flexibility index (Phi) is 4.27. The van der Waals surface area contributed by atoms with E-state index in [9.17, 15) is 4.79 Å². The number of hydrogen-bond acceptors (Lipinski definition) is 5. The number of likely N-dealkylation sites (tertiary alicyclic amines) is 1. The highest BCUT2D eigenvalue weighted by atomic mass is 16.2. The standard InChI is InChI=1S/C20H28N6O/c27-18(12-25-11-15-3-4-16(25)10-15)21-8-7-20(5-6-20)13-22-19-17-2-1-9-26(17)24-14-23-19/h1-2,9,14-16H,3-8,10-13H2,(H,21,27)(H,22,23,24). The molecule has 2 unspecified atom stereocenters. The summed E-state index contributed by atoms with van der Waals surface area (Å²) >= 11 is 0. The third-order valence-electron chi connectivity index (χ3n) is 6.77. The number of hydrogen-bond donors (Lipinski definition) is 2. The van der Waals surface area contributed by atoms with Crippen molar-refractivity contribution in [3.05, 3.63) is 24.7 Å². The van der Waals surface area contributed by atoms with E-state index in [0.29, 0.717) is 18.0 Å². The molecule has 0 radical (unpaired) electrons. The number of nitrogens with zero attached hydrogens (tertiary/aromatic N) is 4. The third kappa shape index (κ3) is 3.52. The van der Waals surface area contributed by atoms with Crippen molar-refractivity contribution in [3.8, 4) is 0 Å². The number of aromatic nitrogens is 3. The zero-order chi connectivity index (χ0) is 18.3. The van der Waals surface area contributed by atoms with Crippen LogP contribution in [0.15, 0.2) is 24.7 Å². The fraction of sp³-hybridized carbons (Fsp3) is 0.650. The molecule has 1 saturated heterocycles. The molecule has 2 atom stereocenters. The molecule has 5 rings (SSSR count). The van der Waals surface area contributed by atoms with Gasteiger partial charge in [0.2, 0.25) is 5.91 Å². The summed E-state index contributed by atoms with van der Waals surface area (Å²) in [5.41, 5.74) is 1.30. The number of carbonyl (C=O) groups is 1. The third-order valence-corrected chi connectivity index (χ3v) is 6.77. The molecule has 3 aliphatic rings. The average molecular weight is 368 g/mol. The summed E-state index contributed by atoms with van der Waals surface area (Å²) in [5, 5.41) is 10.9. The molecule has 3 fully saturated rings. The molecule has 0 spiro atoms. The van der Waals surface area contributed by atoms with Crippen molar-refractivity contribution < 1.29 is 4.79 Å². The second-order valence-corrected chi connectivity index (χ2v) is 8.66. The molecule has 7 nitrogen and oxygen atoms in total. The maximum Gasteiger partial charge on any atom is 0.234 e. The van der Waals surface area contributed by atoms with Gasteiger partial charge in [-0.15, -0.1) is 0 Å². The van der Waals surface area contributed by atoms with Gasteiger partial charge in [0.25, 0.3) is 0 Å². The minimum Gasteiger partial charge on any atom is -0.368 e. The van der Waals surface area contributed by atoms with Crippen LogP contribution in [0.1, 0.15) is 38.5 Å². The van der Waals surface area contributed by atoms with Gasteiger partial charge in [0.15, 0.2) is 5.82 Å². The second-order valence-electron chi connectivity index (χ2n) is 8.66. The van der Waals surface area contributed by atoms with Gasteiger partial charge < -0.3 is 10.6 Å². The van der Waals surface area contributed by atoms with Gasteiger partial charge in [0, 0.05) is 31.9 Å². The average Bonchev–Trinajstić information content (AvgIpc) is 3.06.